The Kier molecular flexibility index (Phi) is 7.86. The zero-order chi connectivity index (χ0) is 24.9. The predicted octanol–water partition coefficient (Wildman–Crippen LogP) is 6.27. The van der Waals surface area contributed by atoms with Gasteiger partial charge in [0.25, 0.3) is 5.69 Å². The number of fused-ring (bicyclic) bond motifs is 1. The number of hydrogen-bond donors (Lipinski definition) is 0. The van der Waals surface area contributed by atoms with Crippen LogP contribution in [-0.2, 0) is 6.42 Å². The van der Waals surface area contributed by atoms with E-state index >= 15 is 0 Å². The number of unbranched alkanes of at least 4 members (excludes halogenated alkanes) is 1. The van der Waals surface area contributed by atoms with Crippen LogP contribution < -0.4 is 4.74 Å². The average molecular weight is 479 g/mol. The van der Waals surface area contributed by atoms with E-state index in [9.17, 15) is 14.9 Å². The number of ether oxygens (including phenoxy) is 1. The first-order chi connectivity index (χ1) is 16.9. The van der Waals surface area contributed by atoms with Crippen LogP contribution in [0.25, 0.3) is 11.0 Å². The predicted molar refractivity (Wildman–Crippen MR) is 136 cm³/mol. The lowest BCUT2D eigenvalue weighted by molar-refractivity contribution is -0.384. The summed E-state index contributed by atoms with van der Waals surface area (Å²) in [6.07, 6.45) is 3.71. The van der Waals surface area contributed by atoms with Crippen molar-refractivity contribution in [1.29, 1.82) is 0 Å². The highest BCUT2D eigenvalue weighted by atomic mass is 16.6. The summed E-state index contributed by atoms with van der Waals surface area (Å²) in [6, 6.07) is 11.5. The van der Waals surface area contributed by atoms with Gasteiger partial charge in [-0.15, -0.1) is 0 Å². The van der Waals surface area contributed by atoms with Crippen molar-refractivity contribution in [2.24, 2.45) is 11.8 Å². The molecular formula is C28H34N2O5. The number of benzene rings is 2. The number of nitro groups is 1. The fourth-order valence-electron chi connectivity index (χ4n) is 5.13. The molecule has 0 aliphatic carbocycles. The largest absolute Gasteiger partial charge is 0.492 e. The number of nitro benzene ring substituents is 1. The molecule has 1 fully saturated rings. The summed E-state index contributed by atoms with van der Waals surface area (Å²) >= 11 is 0. The number of rotatable bonds is 10. The standard InChI is InChI=1S/C28H34N2O5/c1-4-5-6-26-27(24-16-22(30(32)33)9-12-25(24)35-26)28(31)21-7-10-23(11-8-21)34-14-13-29-17-19(2)15-20(3)18-29/h7-12,16,19-20H,4-6,13-15,17-18H2,1-3H3. The van der Waals surface area contributed by atoms with Crippen LogP contribution in [0.15, 0.2) is 46.9 Å². The van der Waals surface area contributed by atoms with Crippen LogP contribution >= 0.6 is 0 Å². The monoisotopic (exact) mass is 478 g/mol. The number of ketones is 1. The zero-order valence-electron chi connectivity index (χ0n) is 20.8. The van der Waals surface area contributed by atoms with Gasteiger partial charge in [0.1, 0.15) is 23.7 Å². The number of aryl methyl sites for hydroxylation is 1. The molecule has 0 saturated carbocycles. The van der Waals surface area contributed by atoms with Crippen LogP contribution in [0.5, 0.6) is 5.75 Å². The molecule has 35 heavy (non-hydrogen) atoms. The number of carbonyl (C=O) groups is 1. The Balaban J connectivity index is 1.49. The molecule has 1 saturated heterocycles. The molecule has 2 atom stereocenters. The molecule has 3 aromatic rings. The summed E-state index contributed by atoms with van der Waals surface area (Å²) in [4.78, 5) is 26.8. The number of carbonyl (C=O) groups excluding carboxylic acids is 1. The van der Waals surface area contributed by atoms with E-state index in [0.717, 1.165) is 38.2 Å². The molecule has 1 aromatic heterocycles. The van der Waals surface area contributed by atoms with Crippen molar-refractivity contribution in [2.45, 2.75) is 46.5 Å². The molecule has 0 amide bonds. The lowest BCUT2D eigenvalue weighted by Gasteiger charge is -2.34. The number of furan rings is 1. The van der Waals surface area contributed by atoms with E-state index < -0.39 is 4.92 Å². The molecule has 2 unspecified atom stereocenters. The zero-order valence-corrected chi connectivity index (χ0v) is 20.8. The number of piperidine rings is 1. The molecule has 4 rings (SSSR count). The first-order valence-electron chi connectivity index (χ1n) is 12.6. The summed E-state index contributed by atoms with van der Waals surface area (Å²) in [5.74, 6) is 2.54. The highest BCUT2D eigenvalue weighted by Gasteiger charge is 2.24. The van der Waals surface area contributed by atoms with Crippen LogP contribution in [0.3, 0.4) is 0 Å². The maximum absolute atomic E-state index is 13.5. The highest BCUT2D eigenvalue weighted by Crippen LogP contribution is 2.32. The third-order valence-corrected chi connectivity index (χ3v) is 6.68. The maximum atomic E-state index is 13.5. The molecule has 0 N–H and O–H groups in total. The van der Waals surface area contributed by atoms with Crippen LogP contribution in [0, 0.1) is 22.0 Å². The van der Waals surface area contributed by atoms with E-state index in [0.29, 0.717) is 52.7 Å². The molecule has 1 aliphatic rings. The Bertz CT molecular complexity index is 1170. The molecule has 7 heteroatoms. The summed E-state index contributed by atoms with van der Waals surface area (Å²) in [6.45, 7) is 10.4. The molecule has 1 aliphatic heterocycles. The minimum Gasteiger partial charge on any atom is -0.492 e. The molecule has 2 aromatic carbocycles. The van der Waals surface area contributed by atoms with Gasteiger partial charge in [-0.25, -0.2) is 0 Å². The van der Waals surface area contributed by atoms with Gasteiger partial charge in [-0.1, -0.05) is 27.2 Å². The van der Waals surface area contributed by atoms with Gasteiger partial charge in [-0.05, 0) is 55.0 Å². The fraction of sp³-hybridized carbons (Fsp3) is 0.464. The van der Waals surface area contributed by atoms with Gasteiger partial charge in [0.2, 0.25) is 0 Å². The Labute approximate surface area is 206 Å². The first-order valence-corrected chi connectivity index (χ1v) is 12.6. The second-order valence-corrected chi connectivity index (χ2v) is 9.85. The number of non-ortho nitro benzene ring substituents is 1. The Morgan fingerprint density at radius 2 is 1.86 bits per heavy atom. The summed E-state index contributed by atoms with van der Waals surface area (Å²) < 4.78 is 11.9. The third-order valence-electron chi connectivity index (χ3n) is 6.68. The van der Waals surface area contributed by atoms with Crippen LogP contribution in [-0.4, -0.2) is 41.8 Å². The normalized spacial score (nSPS) is 18.6. The van der Waals surface area contributed by atoms with E-state index in [4.69, 9.17) is 9.15 Å². The van der Waals surface area contributed by atoms with Crippen molar-refractivity contribution in [2.75, 3.05) is 26.2 Å². The second kappa shape index (κ2) is 11.0. The van der Waals surface area contributed by atoms with Crippen molar-refractivity contribution in [1.82, 2.24) is 4.90 Å². The van der Waals surface area contributed by atoms with Crippen LogP contribution in [0.1, 0.15) is 61.7 Å². The van der Waals surface area contributed by atoms with E-state index in [-0.39, 0.29) is 11.5 Å². The van der Waals surface area contributed by atoms with E-state index in [1.54, 1.807) is 18.2 Å². The first kappa shape index (κ1) is 24.9. The lowest BCUT2D eigenvalue weighted by Crippen LogP contribution is -2.40. The molecule has 2 heterocycles. The third kappa shape index (κ3) is 5.90. The van der Waals surface area contributed by atoms with Gasteiger partial charge in [-0.3, -0.25) is 19.8 Å². The molecule has 0 radical (unpaired) electrons. The minimum atomic E-state index is -0.455. The van der Waals surface area contributed by atoms with Gasteiger partial charge in [0.05, 0.1) is 10.5 Å². The second-order valence-electron chi connectivity index (χ2n) is 9.85. The molecule has 186 valence electrons. The topological polar surface area (TPSA) is 85.8 Å². The number of likely N-dealkylation sites (tertiary alicyclic amines) is 1. The minimum absolute atomic E-state index is 0.0596. The molecule has 0 spiro atoms. The van der Waals surface area contributed by atoms with Gasteiger partial charge in [-0.2, -0.15) is 0 Å². The smallest absolute Gasteiger partial charge is 0.270 e. The maximum Gasteiger partial charge on any atom is 0.270 e. The van der Waals surface area contributed by atoms with Gasteiger partial charge in [0.15, 0.2) is 5.78 Å². The van der Waals surface area contributed by atoms with Crippen LogP contribution in [0.2, 0.25) is 0 Å². The van der Waals surface area contributed by atoms with Crippen molar-refractivity contribution in [3.05, 3.63) is 69.5 Å². The van der Waals surface area contributed by atoms with E-state index in [1.807, 2.05) is 12.1 Å². The summed E-state index contributed by atoms with van der Waals surface area (Å²) in [5, 5.41) is 11.8. The quantitative estimate of drug-likeness (QED) is 0.194. The number of hydrogen-bond acceptors (Lipinski definition) is 6. The van der Waals surface area contributed by atoms with Crippen LogP contribution in [0.4, 0.5) is 5.69 Å². The Morgan fingerprint density at radius 1 is 1.14 bits per heavy atom. The molecule has 7 nitrogen and oxygen atoms in total. The Morgan fingerprint density at radius 3 is 2.51 bits per heavy atom. The van der Waals surface area contributed by atoms with E-state index in [2.05, 4.69) is 25.7 Å². The lowest BCUT2D eigenvalue weighted by atomic mass is 9.92. The Hall–Kier alpha value is -3.19. The fourth-order valence-corrected chi connectivity index (χ4v) is 5.13. The summed E-state index contributed by atoms with van der Waals surface area (Å²) in [7, 11) is 0. The molecule has 0 bridgehead atoms. The molecular weight excluding hydrogens is 444 g/mol. The number of nitrogens with zero attached hydrogens (tertiary/aromatic N) is 2. The van der Waals surface area contributed by atoms with Gasteiger partial charge in [0, 0.05) is 49.1 Å². The summed E-state index contributed by atoms with van der Waals surface area (Å²) in [5.41, 5.74) is 1.35. The van der Waals surface area contributed by atoms with E-state index in [1.165, 1.54) is 18.6 Å². The van der Waals surface area contributed by atoms with Crippen molar-refractivity contribution in [3.63, 3.8) is 0 Å². The average Bonchev–Trinajstić information content (AvgIpc) is 3.19. The van der Waals surface area contributed by atoms with Crippen molar-refractivity contribution in [3.8, 4) is 5.75 Å². The van der Waals surface area contributed by atoms with Crippen molar-refractivity contribution < 1.29 is 18.9 Å². The van der Waals surface area contributed by atoms with Gasteiger partial charge < -0.3 is 9.15 Å². The highest BCUT2D eigenvalue weighted by molar-refractivity contribution is 6.17. The van der Waals surface area contributed by atoms with Gasteiger partial charge >= 0.3 is 0 Å². The van der Waals surface area contributed by atoms with Crippen molar-refractivity contribution >= 4 is 22.4 Å². The SMILES string of the molecule is CCCCc1oc2ccc([N+](=O)[O-])cc2c1C(=O)c1ccc(OCCN2CC(C)CC(C)C2)cc1.